The first kappa shape index (κ1) is 23.9. The zero-order valence-electron chi connectivity index (χ0n) is 18.5. The van der Waals surface area contributed by atoms with Crippen LogP contribution in [-0.4, -0.2) is 39.9 Å². The molecule has 0 saturated heterocycles. The second-order valence-corrected chi connectivity index (χ2v) is 9.03. The minimum absolute atomic E-state index is 0.236. The molecule has 3 aromatic rings. The summed E-state index contributed by atoms with van der Waals surface area (Å²) in [4.78, 5) is 15.3. The van der Waals surface area contributed by atoms with Crippen molar-refractivity contribution in [2.24, 2.45) is 5.73 Å². The molecule has 0 amide bonds. The van der Waals surface area contributed by atoms with Crippen molar-refractivity contribution in [1.82, 2.24) is 15.0 Å². The van der Waals surface area contributed by atoms with Gasteiger partial charge in [0.25, 0.3) is 0 Å². The van der Waals surface area contributed by atoms with Crippen molar-refractivity contribution in [2.75, 3.05) is 13.8 Å². The number of phosphoric ester groups is 1. The molecule has 2 aromatic heterocycles. The number of hydrogen-bond donors (Lipinski definition) is 2. The summed E-state index contributed by atoms with van der Waals surface area (Å²) in [6, 6.07) is 15.4. The molecule has 3 heterocycles. The summed E-state index contributed by atoms with van der Waals surface area (Å²) in [5.41, 5.74) is 9.68. The van der Waals surface area contributed by atoms with E-state index in [4.69, 9.17) is 19.5 Å². The van der Waals surface area contributed by atoms with Crippen molar-refractivity contribution < 1.29 is 27.8 Å². The summed E-state index contributed by atoms with van der Waals surface area (Å²) in [6.45, 7) is 0.196. The fraction of sp³-hybridized carbons (Fsp3) is 0.217. The van der Waals surface area contributed by atoms with Crippen molar-refractivity contribution in [3.05, 3.63) is 95.7 Å². The van der Waals surface area contributed by atoms with Crippen LogP contribution >= 0.6 is 7.82 Å². The van der Waals surface area contributed by atoms with Gasteiger partial charge in [0.1, 0.15) is 19.5 Å². The molecule has 1 aliphatic heterocycles. The van der Waals surface area contributed by atoms with Crippen LogP contribution in [0.5, 0.6) is 5.88 Å². The van der Waals surface area contributed by atoms with Crippen molar-refractivity contribution in [1.29, 1.82) is 0 Å². The van der Waals surface area contributed by atoms with Crippen LogP contribution in [0.1, 0.15) is 22.6 Å². The quantitative estimate of drug-likeness (QED) is 0.412. The Morgan fingerprint density at radius 2 is 2.03 bits per heavy atom. The van der Waals surface area contributed by atoms with Gasteiger partial charge in [-0.3, -0.25) is 9.05 Å². The predicted molar refractivity (Wildman–Crippen MR) is 124 cm³/mol. The topological polar surface area (TPSA) is 133 Å². The van der Waals surface area contributed by atoms with E-state index in [1.165, 1.54) is 0 Å². The monoisotopic (exact) mass is 484 g/mol. The highest BCUT2D eigenvalue weighted by Crippen LogP contribution is 2.42. The van der Waals surface area contributed by atoms with Crippen LogP contribution < -0.4 is 10.5 Å². The minimum atomic E-state index is -4.12. The minimum Gasteiger partial charge on any atom is -0.473 e. The molecule has 0 radical (unpaired) electrons. The molecule has 4 rings (SSSR count). The largest absolute Gasteiger partial charge is 0.473 e. The number of nitrogens with two attached hydrogens (primary N) is 1. The van der Waals surface area contributed by atoms with E-state index >= 15 is 0 Å². The molecule has 2 atom stereocenters. The van der Waals surface area contributed by atoms with Crippen LogP contribution in [0.15, 0.2) is 77.6 Å². The van der Waals surface area contributed by atoms with Crippen LogP contribution in [0.25, 0.3) is 5.57 Å². The third-order valence-corrected chi connectivity index (χ3v) is 5.99. The van der Waals surface area contributed by atoms with E-state index in [0.29, 0.717) is 35.9 Å². The van der Waals surface area contributed by atoms with Gasteiger partial charge in [-0.1, -0.05) is 41.6 Å². The fourth-order valence-electron chi connectivity index (χ4n) is 3.28. The van der Waals surface area contributed by atoms with Crippen LogP contribution in [0.3, 0.4) is 0 Å². The number of benzene rings is 1. The van der Waals surface area contributed by atoms with Gasteiger partial charge in [0.2, 0.25) is 5.88 Å². The second-order valence-electron chi connectivity index (χ2n) is 7.47. The summed E-state index contributed by atoms with van der Waals surface area (Å²) in [6.07, 6.45) is 6.72. The van der Waals surface area contributed by atoms with Gasteiger partial charge in [-0.15, -0.1) is 0 Å². The molecule has 11 heteroatoms. The number of pyridine rings is 1. The average molecular weight is 484 g/mol. The van der Waals surface area contributed by atoms with E-state index in [0.717, 1.165) is 18.2 Å². The first-order valence-corrected chi connectivity index (χ1v) is 11.9. The molecule has 0 saturated carbocycles. The second kappa shape index (κ2) is 10.8. The van der Waals surface area contributed by atoms with E-state index in [1.54, 1.807) is 35.5 Å². The Kier molecular flexibility index (Phi) is 7.56. The maximum Gasteiger partial charge on any atom is 0.473 e. The summed E-state index contributed by atoms with van der Waals surface area (Å²) < 4.78 is 32.2. The van der Waals surface area contributed by atoms with Crippen molar-refractivity contribution >= 4 is 13.4 Å². The Balaban J connectivity index is 1.38. The van der Waals surface area contributed by atoms with Gasteiger partial charge in [0.05, 0.1) is 5.69 Å². The molecule has 0 aliphatic carbocycles. The number of phosphoric acid groups is 1. The van der Waals surface area contributed by atoms with Gasteiger partial charge < -0.3 is 24.8 Å². The predicted octanol–water partition coefficient (Wildman–Crippen LogP) is 3.46. The van der Waals surface area contributed by atoms with Crippen LogP contribution in [-0.2, 0) is 26.6 Å². The number of nitrogens with zero attached hydrogens (tertiary/aromatic N) is 3. The normalized spacial score (nSPS) is 17.3. The van der Waals surface area contributed by atoms with E-state index in [-0.39, 0.29) is 6.73 Å². The number of ether oxygens (including phenoxy) is 1. The van der Waals surface area contributed by atoms with Gasteiger partial charge in [0, 0.05) is 43.6 Å². The highest BCUT2D eigenvalue weighted by atomic mass is 31.2. The molecular weight excluding hydrogens is 459 g/mol. The molecule has 34 heavy (non-hydrogen) atoms. The maximum atomic E-state index is 11.6. The Bertz CT molecular complexity index is 1210. The summed E-state index contributed by atoms with van der Waals surface area (Å²) in [5, 5.41) is 4.16. The Morgan fingerprint density at radius 1 is 1.21 bits per heavy atom. The molecule has 2 unspecified atom stereocenters. The number of rotatable bonds is 10. The number of allylic oxidation sites excluding steroid dienone is 2. The van der Waals surface area contributed by atoms with Gasteiger partial charge in [-0.2, -0.15) is 0 Å². The fourth-order valence-corrected chi connectivity index (χ4v) is 3.67. The number of aromatic nitrogens is 2. The van der Waals surface area contributed by atoms with Crippen molar-refractivity contribution in [2.45, 2.75) is 19.2 Å². The Labute approximate surface area is 196 Å². The molecule has 10 nitrogen and oxygen atoms in total. The highest BCUT2D eigenvalue weighted by molar-refractivity contribution is 7.47. The zero-order chi connectivity index (χ0) is 24.0. The van der Waals surface area contributed by atoms with Crippen LogP contribution in [0.4, 0.5) is 0 Å². The molecule has 0 spiro atoms. The van der Waals surface area contributed by atoms with Gasteiger partial charge in [-0.25, -0.2) is 9.55 Å². The summed E-state index contributed by atoms with van der Waals surface area (Å²) >= 11 is 0. The molecule has 0 fully saturated rings. The van der Waals surface area contributed by atoms with E-state index in [1.807, 2.05) is 42.5 Å². The lowest BCUT2D eigenvalue weighted by molar-refractivity contribution is 0.100. The van der Waals surface area contributed by atoms with E-state index < -0.39 is 14.0 Å². The molecule has 1 aliphatic rings. The lowest BCUT2D eigenvalue weighted by atomic mass is 10.1. The lowest BCUT2D eigenvalue weighted by Gasteiger charge is -2.30. The van der Waals surface area contributed by atoms with Crippen LogP contribution in [0, 0.1) is 0 Å². The Hall–Kier alpha value is -3.27. The average Bonchev–Trinajstić information content (AvgIpc) is 3.31. The number of hydrogen-bond acceptors (Lipinski definition) is 9. The van der Waals surface area contributed by atoms with Gasteiger partial charge in [-0.05, 0) is 23.3 Å². The summed E-state index contributed by atoms with van der Waals surface area (Å²) in [5.74, 6) is 1.02. The summed E-state index contributed by atoms with van der Waals surface area (Å²) in [7, 11) is -3.03. The molecule has 1 aromatic carbocycles. The zero-order valence-corrected chi connectivity index (χ0v) is 19.4. The lowest BCUT2D eigenvalue weighted by Crippen LogP contribution is -2.41. The van der Waals surface area contributed by atoms with Gasteiger partial charge >= 0.3 is 7.82 Å². The van der Waals surface area contributed by atoms with Crippen molar-refractivity contribution in [3.8, 4) is 5.88 Å². The Morgan fingerprint density at radius 3 is 2.82 bits per heavy atom. The van der Waals surface area contributed by atoms with E-state index in [9.17, 15) is 9.46 Å². The standard InChI is InChI=1S/C23H25N4O6P/c1-30-34(28,29)32-16-27-11-5-8-20(23(27)24)21-14-19(26-33-21)12-18-9-10-25-22(13-18)31-15-17-6-3-2-4-7-17/h2-11,13-14,23H,12,15-16,24H2,1H3,(H,28,29). The molecule has 3 N–H and O–H groups in total. The highest BCUT2D eigenvalue weighted by Gasteiger charge is 2.26. The van der Waals surface area contributed by atoms with Crippen molar-refractivity contribution in [3.63, 3.8) is 0 Å². The third-order valence-electron chi connectivity index (χ3n) is 5.09. The van der Waals surface area contributed by atoms with E-state index in [2.05, 4.69) is 14.7 Å². The smallest absolute Gasteiger partial charge is 0.473 e. The molecule has 178 valence electrons. The molecule has 0 bridgehead atoms. The first-order chi connectivity index (χ1) is 16.4. The van der Waals surface area contributed by atoms with Gasteiger partial charge in [0.15, 0.2) is 5.76 Å². The van der Waals surface area contributed by atoms with Crippen LogP contribution in [0.2, 0.25) is 0 Å². The SMILES string of the molecule is COP(=O)(O)OCN1C=CC=C(c2cc(Cc3ccnc(OCc4ccccc4)c3)no2)C1N. The third kappa shape index (κ3) is 6.19. The molecular formula is C23H25N4O6P. The first-order valence-electron chi connectivity index (χ1n) is 10.4. The maximum absolute atomic E-state index is 11.6.